The van der Waals surface area contributed by atoms with Crippen molar-refractivity contribution >= 4 is 0 Å². The smallest absolute Gasteiger partial charge is 0.00234 e. The fourth-order valence-corrected chi connectivity index (χ4v) is 3.25. The zero-order valence-corrected chi connectivity index (χ0v) is 11.2. The van der Waals surface area contributed by atoms with Crippen LogP contribution in [0.3, 0.4) is 0 Å². The normalized spacial score (nSPS) is 22.8. The quantitative estimate of drug-likeness (QED) is 0.773. The minimum Gasteiger partial charge on any atom is -0.316 e. The van der Waals surface area contributed by atoms with Crippen LogP contribution in [-0.4, -0.2) is 37.6 Å². The first-order valence-corrected chi connectivity index (χ1v) is 7.44. The van der Waals surface area contributed by atoms with Crippen molar-refractivity contribution in [3.63, 3.8) is 0 Å². The van der Waals surface area contributed by atoms with Crippen molar-refractivity contribution in [1.82, 2.24) is 10.2 Å². The molecule has 98 valence electrons. The number of nitrogens with one attached hydrogen (secondary N) is 1. The van der Waals surface area contributed by atoms with E-state index in [1.165, 1.54) is 51.9 Å². The zero-order valence-electron chi connectivity index (χ0n) is 11.2. The van der Waals surface area contributed by atoms with Crippen LogP contribution in [0.5, 0.6) is 0 Å². The molecule has 1 aromatic rings. The lowest BCUT2D eigenvalue weighted by Gasteiger charge is -2.30. The van der Waals surface area contributed by atoms with E-state index >= 15 is 0 Å². The molecule has 1 atom stereocenters. The van der Waals surface area contributed by atoms with E-state index in [-0.39, 0.29) is 0 Å². The maximum absolute atomic E-state index is 3.63. The maximum atomic E-state index is 3.63. The first-order chi connectivity index (χ1) is 8.93. The van der Waals surface area contributed by atoms with Crippen LogP contribution in [0.1, 0.15) is 36.3 Å². The summed E-state index contributed by atoms with van der Waals surface area (Å²) in [4.78, 5) is 2.60. The second kappa shape index (κ2) is 5.85. The average molecular weight is 244 g/mol. The summed E-state index contributed by atoms with van der Waals surface area (Å²) in [5, 5.41) is 3.63. The Morgan fingerprint density at radius 3 is 2.83 bits per heavy atom. The highest BCUT2D eigenvalue weighted by atomic mass is 15.1. The van der Waals surface area contributed by atoms with Crippen LogP contribution >= 0.6 is 0 Å². The Morgan fingerprint density at radius 2 is 2.00 bits per heavy atom. The van der Waals surface area contributed by atoms with Gasteiger partial charge in [-0.15, -0.1) is 0 Å². The highest BCUT2D eigenvalue weighted by Gasteiger charge is 2.24. The highest BCUT2D eigenvalue weighted by molar-refractivity contribution is 5.40. The molecule has 0 saturated carbocycles. The molecule has 1 aliphatic heterocycles. The molecule has 1 aliphatic carbocycles. The van der Waals surface area contributed by atoms with Crippen molar-refractivity contribution in [3.05, 3.63) is 35.4 Å². The second-order valence-corrected chi connectivity index (χ2v) is 5.71. The molecule has 0 amide bonds. The molecular formula is C16H24N2. The van der Waals surface area contributed by atoms with Crippen LogP contribution in [-0.2, 0) is 6.42 Å². The molecule has 0 aromatic heterocycles. The van der Waals surface area contributed by atoms with Gasteiger partial charge in [0.05, 0.1) is 0 Å². The molecule has 3 rings (SSSR count). The topological polar surface area (TPSA) is 15.3 Å². The standard InChI is InChI=1S/C16H24N2/c1-2-7-16-14(6-1)12-15(16)13-17-8-5-11-18-9-3-4-10-18/h1-2,6-7,15,17H,3-5,8-13H2. The van der Waals surface area contributed by atoms with Gasteiger partial charge in [-0.05, 0) is 63.0 Å². The van der Waals surface area contributed by atoms with Crippen LogP contribution in [0.2, 0.25) is 0 Å². The van der Waals surface area contributed by atoms with Gasteiger partial charge in [0, 0.05) is 12.5 Å². The molecule has 1 saturated heterocycles. The minimum atomic E-state index is 0.771. The third kappa shape index (κ3) is 2.76. The van der Waals surface area contributed by atoms with E-state index in [0.29, 0.717) is 0 Å². The molecule has 18 heavy (non-hydrogen) atoms. The summed E-state index contributed by atoms with van der Waals surface area (Å²) < 4.78 is 0. The Bertz CT molecular complexity index is 382. The maximum Gasteiger partial charge on any atom is 0.00234 e. The SMILES string of the molecule is c1ccc2c(c1)CC2CNCCCN1CCCC1. The summed E-state index contributed by atoms with van der Waals surface area (Å²) in [5.41, 5.74) is 3.13. The highest BCUT2D eigenvalue weighted by Crippen LogP contribution is 2.33. The largest absolute Gasteiger partial charge is 0.316 e. The third-order valence-electron chi connectivity index (χ3n) is 4.38. The summed E-state index contributed by atoms with van der Waals surface area (Å²) in [6.45, 7) is 6.28. The first-order valence-electron chi connectivity index (χ1n) is 7.44. The Hall–Kier alpha value is -0.860. The van der Waals surface area contributed by atoms with Gasteiger partial charge in [0.15, 0.2) is 0 Å². The van der Waals surface area contributed by atoms with Crippen molar-refractivity contribution in [2.45, 2.75) is 31.6 Å². The number of hydrogen-bond donors (Lipinski definition) is 1. The molecule has 2 heteroatoms. The van der Waals surface area contributed by atoms with Gasteiger partial charge in [0.25, 0.3) is 0 Å². The zero-order chi connectivity index (χ0) is 12.2. The second-order valence-electron chi connectivity index (χ2n) is 5.71. The van der Waals surface area contributed by atoms with Crippen LogP contribution in [0.15, 0.2) is 24.3 Å². The van der Waals surface area contributed by atoms with E-state index in [9.17, 15) is 0 Å². The minimum absolute atomic E-state index is 0.771. The van der Waals surface area contributed by atoms with Crippen LogP contribution in [0.4, 0.5) is 0 Å². The van der Waals surface area contributed by atoms with Crippen molar-refractivity contribution < 1.29 is 0 Å². The van der Waals surface area contributed by atoms with E-state index in [1.807, 2.05) is 0 Å². The summed E-state index contributed by atoms with van der Waals surface area (Å²) in [6, 6.07) is 8.87. The molecule has 2 nitrogen and oxygen atoms in total. The van der Waals surface area contributed by atoms with Gasteiger partial charge in [0.2, 0.25) is 0 Å². The molecule has 1 fully saturated rings. The molecule has 2 aliphatic rings. The van der Waals surface area contributed by atoms with Crippen LogP contribution in [0, 0.1) is 0 Å². The Labute approximate surface area is 110 Å². The lowest BCUT2D eigenvalue weighted by atomic mass is 9.77. The summed E-state index contributed by atoms with van der Waals surface area (Å²) in [6.07, 6.45) is 5.39. The van der Waals surface area contributed by atoms with Crippen molar-refractivity contribution in [1.29, 1.82) is 0 Å². The number of hydrogen-bond acceptors (Lipinski definition) is 2. The molecule has 1 N–H and O–H groups in total. The molecule has 1 unspecified atom stereocenters. The van der Waals surface area contributed by atoms with Gasteiger partial charge in [-0.1, -0.05) is 24.3 Å². The van der Waals surface area contributed by atoms with Gasteiger partial charge in [-0.2, -0.15) is 0 Å². The lowest BCUT2D eigenvalue weighted by molar-refractivity contribution is 0.330. The van der Waals surface area contributed by atoms with Crippen molar-refractivity contribution in [2.75, 3.05) is 32.7 Å². The van der Waals surface area contributed by atoms with E-state index in [0.717, 1.165) is 12.5 Å². The Balaban J connectivity index is 1.30. The fourth-order valence-electron chi connectivity index (χ4n) is 3.25. The molecule has 0 spiro atoms. The molecule has 0 radical (unpaired) electrons. The number of benzene rings is 1. The summed E-state index contributed by atoms with van der Waals surface area (Å²) in [5.74, 6) is 0.771. The van der Waals surface area contributed by atoms with Gasteiger partial charge in [0.1, 0.15) is 0 Å². The van der Waals surface area contributed by atoms with Crippen molar-refractivity contribution in [2.24, 2.45) is 0 Å². The van der Waals surface area contributed by atoms with E-state index in [4.69, 9.17) is 0 Å². The molecule has 1 aromatic carbocycles. The lowest BCUT2D eigenvalue weighted by Crippen LogP contribution is -2.31. The molecule has 1 heterocycles. The summed E-state index contributed by atoms with van der Waals surface area (Å²) >= 11 is 0. The van der Waals surface area contributed by atoms with Crippen LogP contribution in [0.25, 0.3) is 0 Å². The van der Waals surface area contributed by atoms with Crippen LogP contribution < -0.4 is 5.32 Å². The van der Waals surface area contributed by atoms with E-state index < -0.39 is 0 Å². The summed E-state index contributed by atoms with van der Waals surface area (Å²) in [7, 11) is 0. The fraction of sp³-hybridized carbons (Fsp3) is 0.625. The molecular weight excluding hydrogens is 220 g/mol. The van der Waals surface area contributed by atoms with Gasteiger partial charge >= 0.3 is 0 Å². The van der Waals surface area contributed by atoms with E-state index in [2.05, 4.69) is 34.5 Å². The Morgan fingerprint density at radius 1 is 1.17 bits per heavy atom. The number of fused-ring (bicyclic) bond motifs is 1. The van der Waals surface area contributed by atoms with Gasteiger partial charge in [-0.3, -0.25) is 0 Å². The Kier molecular flexibility index (Phi) is 3.96. The predicted octanol–water partition coefficient (Wildman–Crippen LogP) is 2.40. The monoisotopic (exact) mass is 244 g/mol. The van der Waals surface area contributed by atoms with Gasteiger partial charge < -0.3 is 10.2 Å². The number of likely N-dealkylation sites (tertiary alicyclic amines) is 1. The molecule has 0 bridgehead atoms. The predicted molar refractivity (Wildman–Crippen MR) is 76.0 cm³/mol. The third-order valence-corrected chi connectivity index (χ3v) is 4.38. The van der Waals surface area contributed by atoms with Crippen molar-refractivity contribution in [3.8, 4) is 0 Å². The number of rotatable bonds is 6. The van der Waals surface area contributed by atoms with E-state index in [1.54, 1.807) is 11.1 Å². The average Bonchev–Trinajstić information content (AvgIpc) is 2.87. The number of nitrogens with zero attached hydrogens (tertiary/aromatic N) is 1. The first kappa shape index (κ1) is 12.2. The van der Waals surface area contributed by atoms with Gasteiger partial charge in [-0.25, -0.2) is 0 Å².